The molecule has 0 saturated carbocycles. The van der Waals surface area contributed by atoms with E-state index in [1.54, 1.807) is 33.2 Å². The second-order valence-corrected chi connectivity index (χ2v) is 8.39. The minimum atomic E-state index is -0.616. The molecule has 0 aliphatic rings. The molecule has 8 nitrogen and oxygen atoms in total. The lowest BCUT2D eigenvalue weighted by atomic mass is 9.87. The first kappa shape index (κ1) is 18.8. The van der Waals surface area contributed by atoms with Crippen molar-refractivity contribution in [2.75, 3.05) is 0 Å². The van der Waals surface area contributed by atoms with E-state index in [0.29, 0.717) is 28.0 Å². The highest BCUT2D eigenvalue weighted by molar-refractivity contribution is 6.08. The average molecular weight is 369 g/mol. The molecule has 0 saturated heterocycles. The Kier molecular flexibility index (Phi) is 4.37. The largest absolute Gasteiger partial charge is 0.442 e. The smallest absolute Gasteiger partial charge is 0.435 e. The Morgan fingerprint density at radius 1 is 1.11 bits per heavy atom. The van der Waals surface area contributed by atoms with Gasteiger partial charge in [-0.3, -0.25) is 4.79 Å². The van der Waals surface area contributed by atoms with Crippen molar-refractivity contribution in [3.63, 3.8) is 0 Å². The fourth-order valence-electron chi connectivity index (χ4n) is 2.47. The highest BCUT2D eigenvalue weighted by atomic mass is 16.6. The third kappa shape index (κ3) is 3.89. The van der Waals surface area contributed by atoms with Crippen molar-refractivity contribution < 1.29 is 14.3 Å². The highest BCUT2D eigenvalue weighted by Gasteiger charge is 2.26. The monoisotopic (exact) mass is 369 g/mol. The summed E-state index contributed by atoms with van der Waals surface area (Å²) in [6.45, 7) is 10.9. The lowest BCUT2D eigenvalue weighted by Gasteiger charge is -2.18. The number of nitrogens with zero attached hydrogens (tertiary/aromatic N) is 4. The molecule has 0 bridgehead atoms. The van der Waals surface area contributed by atoms with Gasteiger partial charge in [0.1, 0.15) is 11.1 Å². The van der Waals surface area contributed by atoms with Gasteiger partial charge in [0.15, 0.2) is 11.4 Å². The average Bonchev–Trinajstić information content (AvgIpc) is 3.18. The number of aromatic nitrogens is 5. The van der Waals surface area contributed by atoms with Crippen LogP contribution in [0.4, 0.5) is 4.79 Å². The fraction of sp³-hybridized carbons (Fsp3) is 0.421. The minimum absolute atomic E-state index is 0.0235. The van der Waals surface area contributed by atoms with E-state index in [9.17, 15) is 9.59 Å². The summed E-state index contributed by atoms with van der Waals surface area (Å²) in [4.78, 5) is 36.7. The molecule has 3 rings (SSSR count). The van der Waals surface area contributed by atoms with Crippen LogP contribution in [-0.4, -0.2) is 42.2 Å². The zero-order valence-corrected chi connectivity index (χ0v) is 16.3. The first-order valence-corrected chi connectivity index (χ1v) is 8.63. The first-order chi connectivity index (χ1) is 12.5. The molecule has 0 amide bonds. The maximum absolute atomic E-state index is 12.6. The number of H-pyrrole nitrogens is 1. The van der Waals surface area contributed by atoms with E-state index in [2.05, 4.69) is 20.1 Å². The van der Waals surface area contributed by atoms with Crippen molar-refractivity contribution in [2.45, 2.75) is 47.1 Å². The molecule has 3 aromatic rings. The number of hydrogen-bond donors (Lipinski definition) is 1. The SMILES string of the molecule is CC(C)(C)OC(=O)n1cc(-c2cnc3[nH]cc(C(=O)C(C)(C)C)c3n2)cn1. The predicted octanol–water partition coefficient (Wildman–Crippen LogP) is 3.83. The van der Waals surface area contributed by atoms with E-state index in [4.69, 9.17) is 4.74 Å². The predicted molar refractivity (Wildman–Crippen MR) is 101 cm³/mol. The second-order valence-electron chi connectivity index (χ2n) is 8.39. The van der Waals surface area contributed by atoms with E-state index < -0.39 is 17.1 Å². The molecule has 0 aliphatic heterocycles. The maximum atomic E-state index is 12.6. The van der Waals surface area contributed by atoms with Crippen molar-refractivity contribution in [3.05, 3.63) is 30.4 Å². The van der Waals surface area contributed by atoms with E-state index in [0.717, 1.165) is 4.68 Å². The number of carbonyl (C=O) groups excluding carboxylic acids is 2. The van der Waals surface area contributed by atoms with Crippen molar-refractivity contribution in [3.8, 4) is 11.3 Å². The van der Waals surface area contributed by atoms with Crippen LogP contribution in [0.3, 0.4) is 0 Å². The number of fused-ring (bicyclic) bond motifs is 1. The van der Waals surface area contributed by atoms with E-state index >= 15 is 0 Å². The number of carbonyl (C=O) groups is 2. The Bertz CT molecular complexity index is 1020. The van der Waals surface area contributed by atoms with Crippen LogP contribution in [0.25, 0.3) is 22.4 Å². The van der Waals surface area contributed by atoms with Gasteiger partial charge in [0, 0.05) is 23.4 Å². The van der Waals surface area contributed by atoms with Gasteiger partial charge >= 0.3 is 6.09 Å². The molecule has 142 valence electrons. The minimum Gasteiger partial charge on any atom is -0.442 e. The number of ether oxygens (including phenoxy) is 1. The standard InChI is InChI=1S/C19H23N5O3/c1-18(2,3)15(25)12-8-20-16-14(12)23-13(9-21-16)11-7-22-24(10-11)17(26)27-19(4,5)6/h7-10H,1-6H3,(H,20,21). The fourth-order valence-corrected chi connectivity index (χ4v) is 2.47. The zero-order chi connectivity index (χ0) is 20.0. The lowest BCUT2D eigenvalue weighted by molar-refractivity contribution is 0.0514. The first-order valence-electron chi connectivity index (χ1n) is 8.63. The molecule has 0 aromatic carbocycles. The molecule has 0 aliphatic carbocycles. The topological polar surface area (TPSA) is 103 Å². The van der Waals surface area contributed by atoms with Gasteiger partial charge in [-0.05, 0) is 20.8 Å². The van der Waals surface area contributed by atoms with Gasteiger partial charge in [0.25, 0.3) is 0 Å². The zero-order valence-electron chi connectivity index (χ0n) is 16.3. The van der Waals surface area contributed by atoms with Gasteiger partial charge in [-0.1, -0.05) is 20.8 Å². The Balaban J connectivity index is 1.97. The molecular weight excluding hydrogens is 346 g/mol. The summed E-state index contributed by atoms with van der Waals surface area (Å²) < 4.78 is 6.41. The molecule has 0 radical (unpaired) electrons. The number of ketones is 1. The number of nitrogens with one attached hydrogen (secondary N) is 1. The molecule has 8 heteroatoms. The molecule has 27 heavy (non-hydrogen) atoms. The molecule has 0 atom stereocenters. The number of aromatic amines is 1. The van der Waals surface area contributed by atoms with Crippen LogP contribution in [0, 0.1) is 5.41 Å². The van der Waals surface area contributed by atoms with Crippen LogP contribution >= 0.6 is 0 Å². The molecular formula is C19H23N5O3. The van der Waals surface area contributed by atoms with Crippen LogP contribution in [0.1, 0.15) is 51.9 Å². The van der Waals surface area contributed by atoms with Gasteiger partial charge in [0.2, 0.25) is 0 Å². The highest BCUT2D eigenvalue weighted by Crippen LogP contribution is 2.26. The summed E-state index contributed by atoms with van der Waals surface area (Å²) in [5, 5.41) is 4.04. The normalized spacial score (nSPS) is 12.4. The van der Waals surface area contributed by atoms with Crippen molar-refractivity contribution >= 4 is 23.0 Å². The van der Waals surface area contributed by atoms with Crippen molar-refractivity contribution in [1.82, 2.24) is 24.7 Å². The van der Waals surface area contributed by atoms with Crippen molar-refractivity contribution in [2.24, 2.45) is 5.41 Å². The van der Waals surface area contributed by atoms with Crippen LogP contribution in [0.5, 0.6) is 0 Å². The summed E-state index contributed by atoms with van der Waals surface area (Å²) in [6.07, 6.45) is 5.67. The van der Waals surface area contributed by atoms with Crippen LogP contribution < -0.4 is 0 Å². The van der Waals surface area contributed by atoms with E-state index in [1.165, 1.54) is 12.4 Å². The quantitative estimate of drug-likeness (QED) is 0.689. The van der Waals surface area contributed by atoms with Gasteiger partial charge in [-0.25, -0.2) is 14.8 Å². The molecule has 3 aromatic heterocycles. The third-order valence-electron chi connectivity index (χ3n) is 3.77. The number of rotatable bonds is 2. The van der Waals surface area contributed by atoms with Crippen LogP contribution in [0.2, 0.25) is 0 Å². The number of hydrogen-bond acceptors (Lipinski definition) is 6. The molecule has 0 spiro atoms. The summed E-state index contributed by atoms with van der Waals surface area (Å²) in [6, 6.07) is 0. The van der Waals surface area contributed by atoms with Crippen molar-refractivity contribution in [1.29, 1.82) is 0 Å². The Labute approximate surface area is 157 Å². The van der Waals surface area contributed by atoms with Gasteiger partial charge in [0.05, 0.1) is 23.7 Å². The van der Waals surface area contributed by atoms with E-state index in [1.807, 2.05) is 20.8 Å². The third-order valence-corrected chi connectivity index (χ3v) is 3.77. The molecule has 1 N–H and O–H groups in total. The summed E-state index contributed by atoms with van der Waals surface area (Å²) >= 11 is 0. The second kappa shape index (κ2) is 6.29. The maximum Gasteiger partial charge on any atom is 0.435 e. The Morgan fingerprint density at radius 2 is 1.81 bits per heavy atom. The van der Waals surface area contributed by atoms with E-state index in [-0.39, 0.29) is 5.78 Å². The molecule has 0 unspecified atom stereocenters. The van der Waals surface area contributed by atoms with Gasteiger partial charge in [-0.15, -0.1) is 0 Å². The summed E-state index contributed by atoms with van der Waals surface area (Å²) in [5.41, 5.74) is 1.49. The number of Topliss-reactive ketones (excluding diaryl/α,β-unsaturated/α-hetero) is 1. The Hall–Kier alpha value is -3.03. The Morgan fingerprint density at radius 3 is 2.44 bits per heavy atom. The molecule has 3 heterocycles. The lowest BCUT2D eigenvalue weighted by Crippen LogP contribution is -2.27. The van der Waals surface area contributed by atoms with Crippen LogP contribution in [0.15, 0.2) is 24.8 Å². The van der Waals surface area contributed by atoms with Crippen LogP contribution in [-0.2, 0) is 4.74 Å². The summed E-state index contributed by atoms with van der Waals surface area (Å²) in [5.74, 6) is -0.0235. The summed E-state index contributed by atoms with van der Waals surface area (Å²) in [7, 11) is 0. The van der Waals surface area contributed by atoms with Gasteiger partial charge in [-0.2, -0.15) is 9.78 Å². The van der Waals surface area contributed by atoms with Gasteiger partial charge < -0.3 is 9.72 Å². The molecule has 0 fully saturated rings.